The molecule has 1 aromatic heterocycles. The largest absolute Gasteiger partial charge is 0.315 e. The van der Waals surface area contributed by atoms with E-state index in [1.165, 1.54) is 41.3 Å². The number of aromatic nitrogens is 1. The summed E-state index contributed by atoms with van der Waals surface area (Å²) in [7, 11) is 6.62. The van der Waals surface area contributed by atoms with Gasteiger partial charge in [0.2, 0.25) is 0 Å². The highest BCUT2D eigenvalue weighted by atomic mass is 32.1. The quantitative estimate of drug-likeness (QED) is 0.903. The lowest BCUT2D eigenvalue weighted by molar-refractivity contribution is 0.0399. The molecule has 2 rings (SSSR count). The third-order valence-corrected chi connectivity index (χ3v) is 6.44. The van der Waals surface area contributed by atoms with Crippen LogP contribution >= 0.6 is 11.3 Å². The molecule has 1 aliphatic rings. The molecule has 0 aliphatic heterocycles. The number of thiazole rings is 1. The minimum absolute atomic E-state index is 0.264. The van der Waals surface area contributed by atoms with Crippen LogP contribution in [-0.4, -0.2) is 42.6 Å². The summed E-state index contributed by atoms with van der Waals surface area (Å²) in [4.78, 5) is 8.59. The van der Waals surface area contributed by atoms with Crippen LogP contribution in [0.15, 0.2) is 0 Å². The average Bonchev–Trinajstić information content (AvgIpc) is 2.74. The molecule has 0 aromatic carbocycles. The Morgan fingerprint density at radius 1 is 1.43 bits per heavy atom. The Balaban J connectivity index is 2.23. The Bertz CT molecular complexity index is 449. The van der Waals surface area contributed by atoms with Crippen molar-refractivity contribution in [1.82, 2.24) is 15.2 Å². The van der Waals surface area contributed by atoms with Gasteiger partial charge in [-0.15, -0.1) is 11.3 Å². The Labute approximate surface area is 134 Å². The van der Waals surface area contributed by atoms with E-state index in [4.69, 9.17) is 4.98 Å². The maximum absolute atomic E-state index is 4.76. The predicted molar refractivity (Wildman–Crippen MR) is 92.2 cm³/mol. The van der Waals surface area contributed by atoms with Crippen LogP contribution in [0, 0.1) is 19.8 Å². The van der Waals surface area contributed by atoms with Gasteiger partial charge >= 0.3 is 0 Å². The van der Waals surface area contributed by atoms with Crippen LogP contribution in [0.4, 0.5) is 0 Å². The topological polar surface area (TPSA) is 28.2 Å². The minimum atomic E-state index is 0.264. The summed E-state index contributed by atoms with van der Waals surface area (Å²) in [6.45, 7) is 6.70. The smallest absolute Gasteiger partial charge is 0.0947 e. The predicted octanol–water partition coefficient (Wildman–Crippen LogP) is 3.40. The van der Waals surface area contributed by atoms with Crippen molar-refractivity contribution in [3.8, 4) is 0 Å². The first-order valence-corrected chi connectivity index (χ1v) is 8.98. The van der Waals surface area contributed by atoms with Crippen molar-refractivity contribution in [3.63, 3.8) is 0 Å². The molecule has 0 spiro atoms. The Morgan fingerprint density at radius 2 is 2.14 bits per heavy atom. The van der Waals surface area contributed by atoms with E-state index in [-0.39, 0.29) is 5.54 Å². The first-order valence-electron chi connectivity index (χ1n) is 8.16. The van der Waals surface area contributed by atoms with Gasteiger partial charge in [-0.1, -0.05) is 19.8 Å². The third-order valence-electron chi connectivity index (χ3n) is 5.35. The summed E-state index contributed by atoms with van der Waals surface area (Å²) in [5.74, 6) is 0.816. The second kappa shape index (κ2) is 6.76. The second-order valence-electron chi connectivity index (χ2n) is 6.99. The van der Waals surface area contributed by atoms with Crippen molar-refractivity contribution in [2.45, 2.75) is 64.5 Å². The number of nitrogens with zero attached hydrogens (tertiary/aromatic N) is 2. The molecule has 1 aliphatic carbocycles. The fourth-order valence-electron chi connectivity index (χ4n) is 3.96. The Kier molecular flexibility index (Phi) is 5.44. The van der Waals surface area contributed by atoms with E-state index >= 15 is 0 Å². The van der Waals surface area contributed by atoms with Gasteiger partial charge < -0.3 is 10.2 Å². The van der Waals surface area contributed by atoms with Crippen molar-refractivity contribution < 1.29 is 0 Å². The van der Waals surface area contributed by atoms with Gasteiger partial charge in [-0.25, -0.2) is 4.98 Å². The lowest BCUT2D eigenvalue weighted by Gasteiger charge is -2.50. The number of hydrogen-bond acceptors (Lipinski definition) is 4. The monoisotopic (exact) mass is 309 g/mol. The molecule has 1 aromatic rings. The van der Waals surface area contributed by atoms with E-state index in [0.717, 1.165) is 12.3 Å². The van der Waals surface area contributed by atoms with E-state index in [0.29, 0.717) is 6.04 Å². The number of aryl methyl sites for hydroxylation is 2. The summed E-state index contributed by atoms with van der Waals surface area (Å²) in [5.41, 5.74) is 1.46. The third kappa shape index (κ3) is 3.49. The van der Waals surface area contributed by atoms with Crippen LogP contribution in [0.3, 0.4) is 0 Å². The molecule has 3 nitrogen and oxygen atoms in total. The number of rotatable bonds is 5. The molecule has 0 amide bonds. The van der Waals surface area contributed by atoms with Crippen LogP contribution in [-0.2, 0) is 6.42 Å². The summed E-state index contributed by atoms with van der Waals surface area (Å²) in [6.07, 6.45) is 6.34. The molecule has 4 heteroatoms. The van der Waals surface area contributed by atoms with E-state index in [1.807, 2.05) is 11.3 Å². The van der Waals surface area contributed by atoms with Crippen molar-refractivity contribution in [2.24, 2.45) is 5.92 Å². The van der Waals surface area contributed by atoms with E-state index in [2.05, 4.69) is 52.1 Å². The number of nitrogens with one attached hydrogen (secondary N) is 1. The minimum Gasteiger partial charge on any atom is -0.315 e. The number of hydrogen-bond donors (Lipinski definition) is 1. The summed E-state index contributed by atoms with van der Waals surface area (Å²) < 4.78 is 0. The van der Waals surface area contributed by atoms with Crippen LogP contribution in [0.2, 0.25) is 0 Å². The summed E-state index contributed by atoms with van der Waals surface area (Å²) in [6, 6.07) is 0.472. The van der Waals surface area contributed by atoms with Crippen LogP contribution in [0.25, 0.3) is 0 Å². The molecule has 0 bridgehead atoms. The van der Waals surface area contributed by atoms with Gasteiger partial charge in [-0.2, -0.15) is 0 Å². The highest BCUT2D eigenvalue weighted by molar-refractivity contribution is 7.11. The van der Waals surface area contributed by atoms with Gasteiger partial charge in [0.05, 0.1) is 10.7 Å². The molecular formula is C17H31N3S. The zero-order chi connectivity index (χ0) is 15.6. The zero-order valence-corrected chi connectivity index (χ0v) is 15.3. The van der Waals surface area contributed by atoms with E-state index < -0.39 is 0 Å². The van der Waals surface area contributed by atoms with Crippen LogP contribution in [0.1, 0.15) is 48.2 Å². The molecule has 1 N–H and O–H groups in total. The normalized spacial score (nSPS) is 28.0. The highest BCUT2D eigenvalue weighted by Gasteiger charge is 2.43. The highest BCUT2D eigenvalue weighted by Crippen LogP contribution is 2.39. The van der Waals surface area contributed by atoms with E-state index in [9.17, 15) is 0 Å². The molecule has 3 atom stereocenters. The Morgan fingerprint density at radius 3 is 2.62 bits per heavy atom. The average molecular weight is 310 g/mol. The SMILES string of the molecule is CNC(Cc1nc(C)c(C)s1)C1(N(C)C)CCCC(C)C1. The molecule has 21 heavy (non-hydrogen) atoms. The Hall–Kier alpha value is -0.450. The first kappa shape index (κ1) is 16.9. The second-order valence-corrected chi connectivity index (χ2v) is 8.28. The maximum atomic E-state index is 4.76. The van der Waals surface area contributed by atoms with Crippen molar-refractivity contribution in [3.05, 3.63) is 15.6 Å². The summed E-state index contributed by atoms with van der Waals surface area (Å²) in [5, 5.41) is 4.90. The van der Waals surface area contributed by atoms with Crippen LogP contribution < -0.4 is 5.32 Å². The standard InChI is InChI=1S/C17H31N3S/c1-12-8-7-9-17(11-12,20(5)6)15(18-4)10-16-19-13(2)14(3)21-16/h12,15,18H,7-11H2,1-6H3. The molecule has 3 unspecified atom stereocenters. The van der Waals surface area contributed by atoms with Crippen LogP contribution in [0.5, 0.6) is 0 Å². The molecule has 0 radical (unpaired) electrons. The molecule has 1 heterocycles. The lowest BCUT2D eigenvalue weighted by atomic mass is 9.70. The maximum Gasteiger partial charge on any atom is 0.0947 e. The van der Waals surface area contributed by atoms with Gasteiger partial charge in [-0.05, 0) is 53.8 Å². The molecule has 1 fully saturated rings. The number of likely N-dealkylation sites (N-methyl/N-ethyl adjacent to an activating group) is 2. The van der Waals surface area contributed by atoms with E-state index in [1.54, 1.807) is 0 Å². The van der Waals surface area contributed by atoms with Gasteiger partial charge in [0, 0.05) is 22.9 Å². The molecular weight excluding hydrogens is 278 g/mol. The molecule has 1 saturated carbocycles. The molecule has 120 valence electrons. The van der Waals surface area contributed by atoms with Gasteiger partial charge in [0.1, 0.15) is 0 Å². The van der Waals surface area contributed by atoms with Crippen molar-refractivity contribution >= 4 is 11.3 Å². The van der Waals surface area contributed by atoms with Crippen molar-refractivity contribution in [2.75, 3.05) is 21.1 Å². The molecule has 0 saturated heterocycles. The van der Waals surface area contributed by atoms with Gasteiger partial charge in [0.25, 0.3) is 0 Å². The first-order chi connectivity index (χ1) is 9.89. The fraction of sp³-hybridized carbons (Fsp3) is 0.824. The van der Waals surface area contributed by atoms with Gasteiger partial charge in [0.15, 0.2) is 0 Å². The lowest BCUT2D eigenvalue weighted by Crippen LogP contribution is -2.61. The zero-order valence-electron chi connectivity index (χ0n) is 14.5. The van der Waals surface area contributed by atoms with Crippen molar-refractivity contribution in [1.29, 1.82) is 0 Å². The summed E-state index contributed by atoms with van der Waals surface area (Å²) >= 11 is 1.86. The van der Waals surface area contributed by atoms with Gasteiger partial charge in [-0.3, -0.25) is 0 Å². The fourth-order valence-corrected chi connectivity index (χ4v) is 4.94.